The van der Waals surface area contributed by atoms with Crippen molar-refractivity contribution in [2.24, 2.45) is 11.7 Å². The standard InChI is InChI=1S/C15H22F2N2/c1-2-3-11-6-13(18)10-19(8-11)9-12-4-5-14(16)15(17)7-12/h4-5,7,11,13H,2-3,6,8-10,18H2,1H3. The number of piperidine rings is 1. The molecule has 2 rings (SSSR count). The third kappa shape index (κ3) is 3.98. The Bertz CT molecular complexity index is 423. The molecule has 0 amide bonds. The molecular weight excluding hydrogens is 246 g/mol. The summed E-state index contributed by atoms with van der Waals surface area (Å²) < 4.78 is 26.1. The second-order valence-electron chi connectivity index (χ2n) is 5.59. The lowest BCUT2D eigenvalue weighted by Crippen LogP contribution is -2.46. The van der Waals surface area contributed by atoms with Gasteiger partial charge in [-0.15, -0.1) is 0 Å². The van der Waals surface area contributed by atoms with Crippen LogP contribution in [0.2, 0.25) is 0 Å². The third-order valence-corrected chi connectivity index (χ3v) is 3.73. The van der Waals surface area contributed by atoms with E-state index in [0.29, 0.717) is 12.5 Å². The van der Waals surface area contributed by atoms with Crippen molar-refractivity contribution < 1.29 is 8.78 Å². The monoisotopic (exact) mass is 268 g/mol. The minimum absolute atomic E-state index is 0.190. The molecule has 2 N–H and O–H groups in total. The normalized spacial score (nSPS) is 24.6. The maximum absolute atomic E-state index is 13.2. The van der Waals surface area contributed by atoms with Gasteiger partial charge in [0.2, 0.25) is 0 Å². The number of likely N-dealkylation sites (tertiary alicyclic amines) is 1. The van der Waals surface area contributed by atoms with E-state index in [-0.39, 0.29) is 6.04 Å². The molecule has 1 aliphatic heterocycles. The number of nitrogens with two attached hydrogens (primary N) is 1. The minimum atomic E-state index is -0.789. The Balaban J connectivity index is 1.99. The molecule has 0 bridgehead atoms. The summed E-state index contributed by atoms with van der Waals surface area (Å²) in [5, 5.41) is 0. The van der Waals surface area contributed by atoms with E-state index in [2.05, 4.69) is 11.8 Å². The van der Waals surface area contributed by atoms with Crippen LogP contribution in [0.3, 0.4) is 0 Å². The molecular formula is C15H22F2N2. The van der Waals surface area contributed by atoms with Gasteiger partial charge in [-0.1, -0.05) is 19.4 Å². The molecule has 1 aromatic carbocycles. The Morgan fingerprint density at radius 2 is 2.05 bits per heavy atom. The summed E-state index contributed by atoms with van der Waals surface area (Å²) in [4.78, 5) is 2.25. The van der Waals surface area contributed by atoms with Gasteiger partial charge in [0, 0.05) is 25.7 Å². The lowest BCUT2D eigenvalue weighted by molar-refractivity contribution is 0.143. The van der Waals surface area contributed by atoms with Crippen LogP contribution in [0.4, 0.5) is 8.78 Å². The molecule has 0 aromatic heterocycles. The highest BCUT2D eigenvalue weighted by atomic mass is 19.2. The van der Waals surface area contributed by atoms with Crippen molar-refractivity contribution in [1.29, 1.82) is 0 Å². The molecule has 0 radical (unpaired) electrons. The Morgan fingerprint density at radius 3 is 2.74 bits per heavy atom. The van der Waals surface area contributed by atoms with E-state index in [4.69, 9.17) is 5.73 Å². The van der Waals surface area contributed by atoms with Crippen LogP contribution in [0.5, 0.6) is 0 Å². The number of halogens is 2. The van der Waals surface area contributed by atoms with Crippen molar-refractivity contribution in [1.82, 2.24) is 4.90 Å². The Morgan fingerprint density at radius 1 is 1.26 bits per heavy atom. The van der Waals surface area contributed by atoms with Crippen LogP contribution in [0.1, 0.15) is 31.7 Å². The van der Waals surface area contributed by atoms with E-state index in [1.165, 1.54) is 18.6 Å². The van der Waals surface area contributed by atoms with Gasteiger partial charge >= 0.3 is 0 Å². The molecule has 0 spiro atoms. The second kappa shape index (κ2) is 6.44. The van der Waals surface area contributed by atoms with Crippen molar-refractivity contribution in [2.45, 2.75) is 38.8 Å². The molecule has 2 unspecified atom stereocenters. The fraction of sp³-hybridized carbons (Fsp3) is 0.600. The number of nitrogens with zero attached hydrogens (tertiary/aromatic N) is 1. The first-order valence-electron chi connectivity index (χ1n) is 7.00. The van der Waals surface area contributed by atoms with Crippen LogP contribution in [0.15, 0.2) is 18.2 Å². The smallest absolute Gasteiger partial charge is 0.159 e. The molecule has 106 valence electrons. The fourth-order valence-electron chi connectivity index (χ4n) is 2.99. The summed E-state index contributed by atoms with van der Waals surface area (Å²) in [5.41, 5.74) is 6.89. The van der Waals surface area contributed by atoms with Crippen LogP contribution < -0.4 is 5.73 Å². The van der Waals surface area contributed by atoms with E-state index >= 15 is 0 Å². The topological polar surface area (TPSA) is 29.3 Å². The van der Waals surface area contributed by atoms with Crippen molar-refractivity contribution in [2.75, 3.05) is 13.1 Å². The van der Waals surface area contributed by atoms with Gasteiger partial charge in [-0.2, -0.15) is 0 Å². The van der Waals surface area contributed by atoms with E-state index in [0.717, 1.165) is 31.5 Å². The molecule has 19 heavy (non-hydrogen) atoms. The van der Waals surface area contributed by atoms with Gasteiger partial charge in [0.05, 0.1) is 0 Å². The van der Waals surface area contributed by atoms with E-state index in [9.17, 15) is 8.78 Å². The van der Waals surface area contributed by atoms with Gasteiger partial charge in [0.1, 0.15) is 0 Å². The van der Waals surface area contributed by atoms with Crippen molar-refractivity contribution in [3.8, 4) is 0 Å². The van der Waals surface area contributed by atoms with Crippen LogP contribution in [0.25, 0.3) is 0 Å². The van der Waals surface area contributed by atoms with Gasteiger partial charge < -0.3 is 5.73 Å². The predicted molar refractivity (Wildman–Crippen MR) is 72.6 cm³/mol. The third-order valence-electron chi connectivity index (χ3n) is 3.73. The number of benzene rings is 1. The van der Waals surface area contributed by atoms with E-state index in [1.54, 1.807) is 6.07 Å². The van der Waals surface area contributed by atoms with Crippen LogP contribution in [-0.2, 0) is 6.54 Å². The zero-order chi connectivity index (χ0) is 13.8. The summed E-state index contributed by atoms with van der Waals surface area (Å²) in [5.74, 6) is -0.939. The Kier molecular flexibility index (Phi) is 4.88. The average Bonchev–Trinajstić information content (AvgIpc) is 2.33. The largest absolute Gasteiger partial charge is 0.327 e. The van der Waals surface area contributed by atoms with Gasteiger partial charge in [-0.05, 0) is 36.5 Å². The maximum atomic E-state index is 13.2. The first-order chi connectivity index (χ1) is 9.08. The average molecular weight is 268 g/mol. The van der Waals surface area contributed by atoms with E-state index < -0.39 is 11.6 Å². The summed E-state index contributed by atoms with van der Waals surface area (Å²) >= 11 is 0. The van der Waals surface area contributed by atoms with Gasteiger partial charge in [0.15, 0.2) is 11.6 Å². The van der Waals surface area contributed by atoms with E-state index in [1.807, 2.05) is 0 Å². The highest BCUT2D eigenvalue weighted by molar-refractivity contribution is 5.17. The summed E-state index contributed by atoms with van der Waals surface area (Å²) in [6.45, 7) is 4.66. The van der Waals surface area contributed by atoms with Crippen LogP contribution >= 0.6 is 0 Å². The molecule has 0 saturated carbocycles. The molecule has 1 heterocycles. The lowest BCUT2D eigenvalue weighted by atomic mass is 9.91. The zero-order valence-electron chi connectivity index (χ0n) is 11.4. The first-order valence-corrected chi connectivity index (χ1v) is 7.00. The molecule has 1 aliphatic rings. The van der Waals surface area contributed by atoms with Crippen LogP contribution in [0, 0.1) is 17.6 Å². The highest BCUT2D eigenvalue weighted by Crippen LogP contribution is 2.22. The molecule has 4 heteroatoms. The molecule has 2 nitrogen and oxygen atoms in total. The maximum Gasteiger partial charge on any atom is 0.159 e. The predicted octanol–water partition coefficient (Wildman–Crippen LogP) is 2.91. The minimum Gasteiger partial charge on any atom is -0.327 e. The van der Waals surface area contributed by atoms with Crippen molar-refractivity contribution in [3.05, 3.63) is 35.4 Å². The van der Waals surface area contributed by atoms with Gasteiger partial charge in [-0.3, -0.25) is 4.90 Å². The van der Waals surface area contributed by atoms with Gasteiger partial charge in [-0.25, -0.2) is 8.78 Å². The first kappa shape index (κ1) is 14.4. The highest BCUT2D eigenvalue weighted by Gasteiger charge is 2.24. The van der Waals surface area contributed by atoms with Crippen molar-refractivity contribution >= 4 is 0 Å². The SMILES string of the molecule is CCCC1CC(N)CN(Cc2ccc(F)c(F)c2)C1. The number of hydrogen-bond donors (Lipinski definition) is 1. The van der Waals surface area contributed by atoms with Gasteiger partial charge in [0.25, 0.3) is 0 Å². The molecule has 0 aliphatic carbocycles. The molecule has 2 atom stereocenters. The number of hydrogen-bond acceptors (Lipinski definition) is 2. The Hall–Kier alpha value is -1.00. The summed E-state index contributed by atoms with van der Waals surface area (Å²) in [6, 6.07) is 4.31. The Labute approximate surface area is 113 Å². The summed E-state index contributed by atoms with van der Waals surface area (Å²) in [6.07, 6.45) is 3.42. The molecule has 1 saturated heterocycles. The fourth-order valence-corrected chi connectivity index (χ4v) is 2.99. The van der Waals surface area contributed by atoms with Crippen LogP contribution in [-0.4, -0.2) is 24.0 Å². The molecule has 1 aromatic rings. The zero-order valence-corrected chi connectivity index (χ0v) is 11.4. The quantitative estimate of drug-likeness (QED) is 0.909. The second-order valence-corrected chi connectivity index (χ2v) is 5.59. The summed E-state index contributed by atoms with van der Waals surface area (Å²) in [7, 11) is 0. The molecule has 1 fully saturated rings. The number of rotatable bonds is 4. The lowest BCUT2D eigenvalue weighted by Gasteiger charge is -2.36. The van der Waals surface area contributed by atoms with Crippen molar-refractivity contribution in [3.63, 3.8) is 0 Å².